The van der Waals surface area contributed by atoms with Crippen LogP contribution in [-0.2, 0) is 6.42 Å². The van der Waals surface area contributed by atoms with Gasteiger partial charge in [0.25, 0.3) is 0 Å². The predicted octanol–water partition coefficient (Wildman–Crippen LogP) is 3.76. The lowest BCUT2D eigenvalue weighted by molar-refractivity contribution is 0.633. The van der Waals surface area contributed by atoms with Crippen LogP contribution in [0.4, 0.5) is 11.4 Å². The van der Waals surface area contributed by atoms with Gasteiger partial charge in [0.05, 0.1) is 6.04 Å². The van der Waals surface area contributed by atoms with E-state index in [1.54, 1.807) is 4.88 Å². The van der Waals surface area contributed by atoms with Crippen LogP contribution >= 0.6 is 11.3 Å². The highest BCUT2D eigenvalue weighted by atomic mass is 32.1. The summed E-state index contributed by atoms with van der Waals surface area (Å²) in [4.78, 5) is 3.99. The summed E-state index contributed by atoms with van der Waals surface area (Å²) in [6.07, 6.45) is 1.14. The number of anilines is 2. The number of fused-ring (bicyclic) bond motifs is 1. The molecule has 0 saturated carbocycles. The number of hydrogen-bond donors (Lipinski definition) is 1. The summed E-state index contributed by atoms with van der Waals surface area (Å²) in [6, 6.07) is 9.10. The van der Waals surface area contributed by atoms with Gasteiger partial charge in [0, 0.05) is 22.8 Å². The topological polar surface area (TPSA) is 29.3 Å². The molecule has 0 fully saturated rings. The van der Waals surface area contributed by atoms with E-state index >= 15 is 0 Å². The second-order valence-electron chi connectivity index (χ2n) is 4.96. The van der Waals surface area contributed by atoms with Crippen molar-refractivity contribution in [2.75, 3.05) is 17.2 Å². The van der Waals surface area contributed by atoms with Gasteiger partial charge in [0.1, 0.15) is 0 Å². The lowest BCUT2D eigenvalue weighted by Gasteiger charge is -2.35. The van der Waals surface area contributed by atoms with Crippen molar-refractivity contribution in [2.24, 2.45) is 0 Å². The van der Waals surface area contributed by atoms with Gasteiger partial charge >= 0.3 is 0 Å². The standard InChI is InChI=1S/C15H18N2S/c1-10-3-4-12(9-14(10)16)17-7-5-15-13(11(17)2)6-8-18-15/h3-4,6,8-9,11H,5,7,16H2,1-2H3. The van der Waals surface area contributed by atoms with Gasteiger partial charge in [-0.25, -0.2) is 0 Å². The highest BCUT2D eigenvalue weighted by molar-refractivity contribution is 7.10. The SMILES string of the molecule is Cc1ccc(N2CCc3sccc3C2C)cc1N. The van der Waals surface area contributed by atoms with Gasteiger partial charge in [-0.05, 0) is 55.0 Å². The van der Waals surface area contributed by atoms with E-state index in [1.807, 2.05) is 11.3 Å². The van der Waals surface area contributed by atoms with Crippen molar-refractivity contribution < 1.29 is 0 Å². The number of rotatable bonds is 1. The van der Waals surface area contributed by atoms with Crippen LogP contribution in [0.25, 0.3) is 0 Å². The van der Waals surface area contributed by atoms with Crippen LogP contribution in [0.1, 0.15) is 29.0 Å². The monoisotopic (exact) mass is 258 g/mol. The molecule has 1 aromatic heterocycles. The summed E-state index contributed by atoms with van der Waals surface area (Å²) in [5, 5.41) is 2.20. The molecule has 2 N–H and O–H groups in total. The second-order valence-corrected chi connectivity index (χ2v) is 5.96. The molecule has 0 spiro atoms. The Morgan fingerprint density at radius 3 is 2.94 bits per heavy atom. The molecule has 1 aliphatic heterocycles. The van der Waals surface area contributed by atoms with Crippen LogP contribution in [0.2, 0.25) is 0 Å². The molecule has 1 aliphatic rings. The molecule has 0 bridgehead atoms. The Bertz CT molecular complexity index is 574. The van der Waals surface area contributed by atoms with Crippen molar-refractivity contribution in [2.45, 2.75) is 26.3 Å². The smallest absolute Gasteiger partial charge is 0.0525 e. The highest BCUT2D eigenvalue weighted by Crippen LogP contribution is 2.36. The van der Waals surface area contributed by atoms with E-state index in [0.717, 1.165) is 24.2 Å². The predicted molar refractivity (Wildman–Crippen MR) is 79.4 cm³/mol. The first kappa shape index (κ1) is 11.6. The number of aryl methyl sites for hydroxylation is 1. The molecule has 1 atom stereocenters. The van der Waals surface area contributed by atoms with E-state index in [9.17, 15) is 0 Å². The lowest BCUT2D eigenvalue weighted by Crippen LogP contribution is -2.33. The third-order valence-corrected chi connectivity index (χ3v) is 4.87. The molecule has 94 valence electrons. The maximum Gasteiger partial charge on any atom is 0.0525 e. The summed E-state index contributed by atoms with van der Waals surface area (Å²) in [5.41, 5.74) is 10.8. The first-order valence-electron chi connectivity index (χ1n) is 6.36. The van der Waals surface area contributed by atoms with Crippen LogP contribution in [0.15, 0.2) is 29.6 Å². The molecule has 18 heavy (non-hydrogen) atoms. The van der Waals surface area contributed by atoms with Gasteiger partial charge in [0.15, 0.2) is 0 Å². The van der Waals surface area contributed by atoms with E-state index in [2.05, 4.69) is 48.4 Å². The third kappa shape index (κ3) is 1.79. The van der Waals surface area contributed by atoms with Gasteiger partial charge in [-0.15, -0.1) is 11.3 Å². The van der Waals surface area contributed by atoms with Crippen molar-refractivity contribution in [1.82, 2.24) is 0 Å². The molecular formula is C15H18N2S. The Hall–Kier alpha value is -1.48. The van der Waals surface area contributed by atoms with Crippen LogP contribution in [0.3, 0.4) is 0 Å². The maximum absolute atomic E-state index is 6.02. The average molecular weight is 258 g/mol. The fraction of sp³-hybridized carbons (Fsp3) is 0.333. The number of hydrogen-bond acceptors (Lipinski definition) is 3. The maximum atomic E-state index is 6.02. The summed E-state index contributed by atoms with van der Waals surface area (Å²) in [6.45, 7) is 5.41. The summed E-state index contributed by atoms with van der Waals surface area (Å²) < 4.78 is 0. The van der Waals surface area contributed by atoms with E-state index in [4.69, 9.17) is 5.73 Å². The Morgan fingerprint density at radius 1 is 1.33 bits per heavy atom. The van der Waals surface area contributed by atoms with Gasteiger partial charge in [0.2, 0.25) is 0 Å². The zero-order valence-electron chi connectivity index (χ0n) is 10.8. The van der Waals surface area contributed by atoms with Crippen molar-refractivity contribution >= 4 is 22.7 Å². The first-order chi connectivity index (χ1) is 8.66. The fourth-order valence-electron chi connectivity index (χ4n) is 2.67. The molecule has 2 heterocycles. The van der Waals surface area contributed by atoms with Crippen molar-refractivity contribution in [1.29, 1.82) is 0 Å². The van der Waals surface area contributed by atoms with Crippen LogP contribution in [0, 0.1) is 6.92 Å². The van der Waals surface area contributed by atoms with Crippen LogP contribution in [0.5, 0.6) is 0 Å². The summed E-state index contributed by atoms with van der Waals surface area (Å²) >= 11 is 1.88. The molecule has 0 aliphatic carbocycles. The van der Waals surface area contributed by atoms with E-state index in [1.165, 1.54) is 11.3 Å². The average Bonchev–Trinajstić information content (AvgIpc) is 2.83. The minimum absolute atomic E-state index is 0.446. The van der Waals surface area contributed by atoms with Crippen molar-refractivity contribution in [3.05, 3.63) is 45.6 Å². The van der Waals surface area contributed by atoms with Gasteiger partial charge in [-0.2, -0.15) is 0 Å². The van der Waals surface area contributed by atoms with Gasteiger partial charge in [-0.1, -0.05) is 6.07 Å². The quantitative estimate of drug-likeness (QED) is 0.789. The molecule has 2 aromatic rings. The van der Waals surface area contributed by atoms with Gasteiger partial charge < -0.3 is 10.6 Å². The lowest BCUT2D eigenvalue weighted by atomic mass is 10.0. The van der Waals surface area contributed by atoms with Crippen LogP contribution in [-0.4, -0.2) is 6.54 Å². The Kier molecular flexibility index (Phi) is 2.78. The molecule has 3 heteroatoms. The van der Waals surface area contributed by atoms with E-state index in [-0.39, 0.29) is 0 Å². The first-order valence-corrected chi connectivity index (χ1v) is 7.24. The summed E-state index contributed by atoms with van der Waals surface area (Å²) in [5.74, 6) is 0. The van der Waals surface area contributed by atoms with Crippen LogP contribution < -0.4 is 10.6 Å². The number of nitrogens with two attached hydrogens (primary N) is 1. The number of nitrogens with zero attached hydrogens (tertiary/aromatic N) is 1. The number of nitrogen functional groups attached to an aromatic ring is 1. The molecule has 3 rings (SSSR count). The zero-order chi connectivity index (χ0) is 12.7. The normalized spacial score (nSPS) is 18.8. The van der Waals surface area contributed by atoms with Gasteiger partial charge in [-0.3, -0.25) is 0 Å². The Labute approximate surface area is 112 Å². The minimum atomic E-state index is 0.446. The van der Waals surface area contributed by atoms with Crippen molar-refractivity contribution in [3.63, 3.8) is 0 Å². The number of benzene rings is 1. The largest absolute Gasteiger partial charge is 0.398 e. The molecular weight excluding hydrogens is 240 g/mol. The summed E-state index contributed by atoms with van der Waals surface area (Å²) in [7, 11) is 0. The van der Waals surface area contributed by atoms with Crippen molar-refractivity contribution in [3.8, 4) is 0 Å². The second kappa shape index (κ2) is 4.32. The van der Waals surface area contributed by atoms with E-state index < -0.39 is 0 Å². The van der Waals surface area contributed by atoms with E-state index in [0.29, 0.717) is 6.04 Å². The molecule has 1 unspecified atom stereocenters. The minimum Gasteiger partial charge on any atom is -0.398 e. The molecule has 1 aromatic carbocycles. The fourth-order valence-corrected chi connectivity index (χ4v) is 3.63. The highest BCUT2D eigenvalue weighted by Gasteiger charge is 2.24. The molecule has 0 radical (unpaired) electrons. The number of thiophene rings is 1. The Morgan fingerprint density at radius 2 is 2.17 bits per heavy atom. The third-order valence-electron chi connectivity index (χ3n) is 3.87. The zero-order valence-corrected chi connectivity index (χ0v) is 11.6. The molecule has 2 nitrogen and oxygen atoms in total. The molecule has 0 saturated heterocycles. The molecule has 0 amide bonds. The Balaban J connectivity index is 1.96.